The summed E-state index contributed by atoms with van der Waals surface area (Å²) in [6.07, 6.45) is 1.36. The molecule has 0 saturated heterocycles. The van der Waals surface area contributed by atoms with E-state index in [0.717, 1.165) is 24.3 Å². The highest BCUT2D eigenvalue weighted by Crippen LogP contribution is 2.18. The summed E-state index contributed by atoms with van der Waals surface area (Å²) in [5.41, 5.74) is 0.102. The summed E-state index contributed by atoms with van der Waals surface area (Å²) in [6, 6.07) is 7.19. The number of halogens is 2. The summed E-state index contributed by atoms with van der Waals surface area (Å²) < 4.78 is 52.3. The first-order valence-electron chi connectivity index (χ1n) is 7.04. The van der Waals surface area contributed by atoms with Crippen molar-refractivity contribution in [2.75, 3.05) is 13.1 Å². The lowest BCUT2D eigenvalue weighted by molar-refractivity contribution is 0.0910. The van der Waals surface area contributed by atoms with E-state index >= 15 is 0 Å². The van der Waals surface area contributed by atoms with Gasteiger partial charge in [0.1, 0.15) is 0 Å². The van der Waals surface area contributed by atoms with Crippen LogP contribution in [0.3, 0.4) is 0 Å². The van der Waals surface area contributed by atoms with E-state index in [1.54, 1.807) is 6.07 Å². The SMILES string of the molecule is O=C(NCCNC(=O)c1ccco1)c1ccc(S(=O)(=O)C(F)F)cc1. The van der Waals surface area contributed by atoms with Gasteiger partial charge in [-0.1, -0.05) is 0 Å². The minimum absolute atomic E-state index is 0.102. The monoisotopic (exact) mass is 372 g/mol. The van der Waals surface area contributed by atoms with E-state index in [9.17, 15) is 26.8 Å². The Bertz CT molecular complexity index is 833. The van der Waals surface area contributed by atoms with Crippen LogP contribution in [-0.4, -0.2) is 39.1 Å². The van der Waals surface area contributed by atoms with Crippen molar-refractivity contribution >= 4 is 21.7 Å². The van der Waals surface area contributed by atoms with Crippen molar-refractivity contribution in [3.05, 3.63) is 54.0 Å². The van der Waals surface area contributed by atoms with E-state index in [1.807, 2.05) is 0 Å². The standard InChI is InChI=1S/C15H14F2N2O5S/c16-15(17)25(22,23)11-5-3-10(4-6-11)13(20)18-7-8-19-14(21)12-2-1-9-24-12/h1-6,9,15H,7-8H2,(H,18,20)(H,19,21). The molecule has 2 aromatic rings. The summed E-state index contributed by atoms with van der Waals surface area (Å²) in [4.78, 5) is 22.9. The van der Waals surface area contributed by atoms with Crippen LogP contribution in [0.5, 0.6) is 0 Å². The minimum atomic E-state index is -4.69. The summed E-state index contributed by atoms with van der Waals surface area (Å²) in [6.45, 7) is 0.255. The number of sulfone groups is 1. The Morgan fingerprint density at radius 2 is 1.60 bits per heavy atom. The molecule has 0 aliphatic heterocycles. The molecule has 0 radical (unpaired) electrons. The fourth-order valence-electron chi connectivity index (χ4n) is 1.85. The number of benzene rings is 1. The molecule has 134 valence electrons. The number of hydrogen-bond donors (Lipinski definition) is 2. The lowest BCUT2D eigenvalue weighted by Crippen LogP contribution is -2.34. The average Bonchev–Trinajstić information content (AvgIpc) is 3.13. The predicted molar refractivity (Wildman–Crippen MR) is 83.0 cm³/mol. The molecule has 1 heterocycles. The molecule has 1 aromatic heterocycles. The van der Waals surface area contributed by atoms with Crippen molar-refractivity contribution in [2.24, 2.45) is 0 Å². The van der Waals surface area contributed by atoms with E-state index in [4.69, 9.17) is 4.42 Å². The smallest absolute Gasteiger partial charge is 0.341 e. The van der Waals surface area contributed by atoms with Crippen molar-refractivity contribution in [1.82, 2.24) is 10.6 Å². The molecule has 10 heteroatoms. The van der Waals surface area contributed by atoms with Gasteiger partial charge < -0.3 is 15.1 Å². The lowest BCUT2D eigenvalue weighted by atomic mass is 10.2. The Morgan fingerprint density at radius 1 is 1.00 bits per heavy atom. The second kappa shape index (κ2) is 7.88. The van der Waals surface area contributed by atoms with Gasteiger partial charge in [-0.15, -0.1) is 0 Å². The molecule has 0 bridgehead atoms. The Hall–Kier alpha value is -2.75. The highest BCUT2D eigenvalue weighted by molar-refractivity contribution is 7.91. The first-order valence-corrected chi connectivity index (χ1v) is 8.59. The van der Waals surface area contributed by atoms with E-state index in [-0.39, 0.29) is 24.4 Å². The van der Waals surface area contributed by atoms with Crippen LogP contribution in [0, 0.1) is 0 Å². The van der Waals surface area contributed by atoms with E-state index in [2.05, 4.69) is 10.6 Å². The van der Waals surface area contributed by atoms with Gasteiger partial charge in [0.2, 0.25) is 9.84 Å². The Kier molecular flexibility index (Phi) is 5.86. The van der Waals surface area contributed by atoms with Crippen LogP contribution in [0.1, 0.15) is 20.9 Å². The van der Waals surface area contributed by atoms with Gasteiger partial charge in [0.05, 0.1) is 11.2 Å². The van der Waals surface area contributed by atoms with Crippen LogP contribution >= 0.6 is 0 Å². The number of carbonyl (C=O) groups is 2. The fourth-order valence-corrected chi connectivity index (χ4v) is 2.57. The van der Waals surface area contributed by atoms with Crippen LogP contribution in [-0.2, 0) is 9.84 Å². The average molecular weight is 372 g/mol. The highest BCUT2D eigenvalue weighted by Gasteiger charge is 2.26. The molecule has 2 N–H and O–H groups in total. The third kappa shape index (κ3) is 4.63. The highest BCUT2D eigenvalue weighted by atomic mass is 32.2. The normalized spacial score (nSPS) is 11.3. The van der Waals surface area contributed by atoms with Gasteiger partial charge in [-0.3, -0.25) is 9.59 Å². The van der Waals surface area contributed by atoms with Gasteiger partial charge in [0.15, 0.2) is 5.76 Å². The van der Waals surface area contributed by atoms with Gasteiger partial charge in [-0.05, 0) is 36.4 Å². The third-order valence-corrected chi connectivity index (χ3v) is 4.52. The van der Waals surface area contributed by atoms with Crippen molar-refractivity contribution in [3.8, 4) is 0 Å². The molecule has 0 aliphatic rings. The van der Waals surface area contributed by atoms with Crippen molar-refractivity contribution < 1.29 is 31.2 Å². The molecule has 1 aromatic carbocycles. The lowest BCUT2D eigenvalue weighted by Gasteiger charge is -2.07. The third-order valence-electron chi connectivity index (χ3n) is 3.12. The van der Waals surface area contributed by atoms with Crippen molar-refractivity contribution in [3.63, 3.8) is 0 Å². The zero-order valence-corrected chi connectivity index (χ0v) is 13.6. The number of rotatable bonds is 7. The van der Waals surface area contributed by atoms with Gasteiger partial charge in [-0.2, -0.15) is 8.78 Å². The molecular weight excluding hydrogens is 358 g/mol. The maximum Gasteiger partial charge on any atom is 0.341 e. The summed E-state index contributed by atoms with van der Waals surface area (Å²) in [5, 5.41) is 5.02. The largest absolute Gasteiger partial charge is 0.459 e. The Morgan fingerprint density at radius 3 is 2.12 bits per heavy atom. The topological polar surface area (TPSA) is 105 Å². The zero-order chi connectivity index (χ0) is 18.4. The van der Waals surface area contributed by atoms with Gasteiger partial charge in [0.25, 0.3) is 11.8 Å². The van der Waals surface area contributed by atoms with Gasteiger partial charge in [0, 0.05) is 18.7 Å². The van der Waals surface area contributed by atoms with Gasteiger partial charge >= 0.3 is 5.76 Å². The van der Waals surface area contributed by atoms with E-state index in [1.165, 1.54) is 12.3 Å². The number of furan rings is 1. The van der Waals surface area contributed by atoms with Crippen molar-refractivity contribution in [1.29, 1.82) is 0 Å². The molecule has 0 saturated carbocycles. The molecule has 0 aliphatic carbocycles. The summed E-state index contributed by atoms with van der Waals surface area (Å²) in [5.74, 6) is -4.35. The van der Waals surface area contributed by atoms with Crippen LogP contribution in [0.15, 0.2) is 52.0 Å². The molecule has 0 spiro atoms. The predicted octanol–water partition coefficient (Wildman–Crippen LogP) is 1.44. The van der Waals surface area contributed by atoms with Crippen molar-refractivity contribution in [2.45, 2.75) is 10.7 Å². The van der Waals surface area contributed by atoms with Gasteiger partial charge in [-0.25, -0.2) is 8.42 Å². The number of carbonyl (C=O) groups excluding carboxylic acids is 2. The number of nitrogens with one attached hydrogen (secondary N) is 2. The maximum absolute atomic E-state index is 12.4. The minimum Gasteiger partial charge on any atom is -0.459 e. The first kappa shape index (κ1) is 18.6. The molecular formula is C15H14F2N2O5S. The Labute approximate surface area is 141 Å². The second-order valence-electron chi connectivity index (χ2n) is 4.82. The number of alkyl halides is 2. The quantitative estimate of drug-likeness (QED) is 0.716. The summed E-state index contributed by atoms with van der Waals surface area (Å²) >= 11 is 0. The molecule has 7 nitrogen and oxygen atoms in total. The number of amides is 2. The molecule has 0 unspecified atom stereocenters. The van der Waals surface area contributed by atoms with E-state index < -0.39 is 32.3 Å². The fraction of sp³-hybridized carbons (Fsp3) is 0.200. The molecule has 0 atom stereocenters. The molecule has 0 fully saturated rings. The van der Waals surface area contributed by atoms with Crippen LogP contribution in [0.2, 0.25) is 0 Å². The first-order chi connectivity index (χ1) is 11.8. The second-order valence-corrected chi connectivity index (χ2v) is 6.74. The Balaban J connectivity index is 1.84. The number of hydrogen-bond acceptors (Lipinski definition) is 5. The van der Waals surface area contributed by atoms with Crippen LogP contribution in [0.4, 0.5) is 8.78 Å². The van der Waals surface area contributed by atoms with Crippen LogP contribution < -0.4 is 10.6 Å². The molecule has 2 rings (SSSR count). The maximum atomic E-state index is 12.4. The van der Waals surface area contributed by atoms with E-state index in [0.29, 0.717) is 0 Å². The van der Waals surface area contributed by atoms with Crippen LogP contribution in [0.25, 0.3) is 0 Å². The zero-order valence-electron chi connectivity index (χ0n) is 12.7. The summed E-state index contributed by atoms with van der Waals surface area (Å²) in [7, 11) is -4.69. The molecule has 2 amide bonds. The molecule has 25 heavy (non-hydrogen) atoms.